The lowest BCUT2D eigenvalue weighted by atomic mass is 10.1. The van der Waals surface area contributed by atoms with Crippen LogP contribution in [0.5, 0.6) is 0 Å². The zero-order valence-electron chi connectivity index (χ0n) is 12.2. The van der Waals surface area contributed by atoms with E-state index in [4.69, 9.17) is 4.98 Å². The fraction of sp³-hybridized carbons (Fsp3) is 0.105. The van der Waals surface area contributed by atoms with E-state index in [-0.39, 0.29) is 0 Å². The number of aromatic nitrogens is 2. The number of hydrogen-bond donors (Lipinski definition) is 0. The second-order valence-corrected chi connectivity index (χ2v) is 5.48. The van der Waals surface area contributed by atoms with E-state index in [1.54, 1.807) is 0 Å². The molecule has 0 saturated heterocycles. The quantitative estimate of drug-likeness (QED) is 0.487. The SMILES string of the molecule is Cc1ccc2c(c1)nc(C)n2-c1cccc2ccccc12. The number of rotatable bonds is 1. The van der Waals surface area contributed by atoms with Crippen LogP contribution in [0.1, 0.15) is 11.4 Å². The monoisotopic (exact) mass is 272 g/mol. The largest absolute Gasteiger partial charge is 0.296 e. The predicted molar refractivity (Wildman–Crippen MR) is 88.1 cm³/mol. The summed E-state index contributed by atoms with van der Waals surface area (Å²) in [6, 6.07) is 21.4. The predicted octanol–water partition coefficient (Wildman–Crippen LogP) is 4.80. The number of aryl methyl sites for hydroxylation is 2. The number of hydrogen-bond acceptors (Lipinski definition) is 1. The summed E-state index contributed by atoms with van der Waals surface area (Å²) in [4.78, 5) is 4.72. The Hall–Kier alpha value is -2.61. The number of imidazole rings is 1. The molecule has 0 fully saturated rings. The molecular weight excluding hydrogens is 256 g/mol. The van der Waals surface area contributed by atoms with Gasteiger partial charge in [0.25, 0.3) is 0 Å². The topological polar surface area (TPSA) is 17.8 Å². The van der Waals surface area contributed by atoms with E-state index in [9.17, 15) is 0 Å². The van der Waals surface area contributed by atoms with E-state index in [0.717, 1.165) is 16.9 Å². The molecule has 102 valence electrons. The molecule has 0 N–H and O–H groups in total. The van der Waals surface area contributed by atoms with Crippen LogP contribution in [0.15, 0.2) is 60.7 Å². The van der Waals surface area contributed by atoms with Gasteiger partial charge in [0.1, 0.15) is 5.82 Å². The average Bonchev–Trinajstić information content (AvgIpc) is 2.81. The van der Waals surface area contributed by atoms with Gasteiger partial charge in [-0.05, 0) is 43.0 Å². The van der Waals surface area contributed by atoms with Crippen LogP contribution in [0, 0.1) is 13.8 Å². The Morgan fingerprint density at radius 3 is 2.57 bits per heavy atom. The Morgan fingerprint density at radius 2 is 1.67 bits per heavy atom. The molecule has 2 heteroatoms. The van der Waals surface area contributed by atoms with Crippen LogP contribution in [-0.2, 0) is 0 Å². The molecule has 0 atom stereocenters. The molecular formula is C19H16N2. The lowest BCUT2D eigenvalue weighted by Crippen LogP contribution is -1.97. The standard InChI is InChI=1S/C19H16N2/c1-13-10-11-19-17(12-13)20-14(2)21(19)18-9-5-7-15-6-3-4-8-16(15)18/h3-12H,1-2H3. The van der Waals surface area contributed by atoms with Gasteiger partial charge in [0, 0.05) is 5.39 Å². The van der Waals surface area contributed by atoms with Gasteiger partial charge >= 0.3 is 0 Å². The van der Waals surface area contributed by atoms with Crippen molar-refractivity contribution in [1.82, 2.24) is 9.55 Å². The minimum Gasteiger partial charge on any atom is -0.296 e. The molecule has 4 aromatic rings. The molecule has 1 heterocycles. The zero-order valence-corrected chi connectivity index (χ0v) is 12.2. The van der Waals surface area contributed by atoms with E-state index in [1.807, 2.05) is 0 Å². The normalized spacial score (nSPS) is 11.3. The molecule has 0 aliphatic rings. The zero-order chi connectivity index (χ0) is 14.4. The second-order valence-electron chi connectivity index (χ2n) is 5.48. The fourth-order valence-electron chi connectivity index (χ4n) is 3.02. The summed E-state index contributed by atoms with van der Waals surface area (Å²) in [5.74, 6) is 1.02. The Morgan fingerprint density at radius 1 is 0.857 bits per heavy atom. The van der Waals surface area contributed by atoms with Crippen molar-refractivity contribution in [3.8, 4) is 5.69 Å². The van der Waals surface area contributed by atoms with Gasteiger partial charge in [-0.1, -0.05) is 42.5 Å². The number of nitrogens with zero attached hydrogens (tertiary/aromatic N) is 2. The van der Waals surface area contributed by atoms with Crippen LogP contribution in [0.25, 0.3) is 27.5 Å². The lowest BCUT2D eigenvalue weighted by molar-refractivity contribution is 1.01. The van der Waals surface area contributed by atoms with Gasteiger partial charge in [0.15, 0.2) is 0 Å². The second kappa shape index (κ2) is 4.45. The van der Waals surface area contributed by atoms with Gasteiger partial charge in [-0.25, -0.2) is 4.98 Å². The first-order valence-electron chi connectivity index (χ1n) is 7.18. The van der Waals surface area contributed by atoms with Crippen molar-refractivity contribution in [2.45, 2.75) is 13.8 Å². The van der Waals surface area contributed by atoms with E-state index < -0.39 is 0 Å². The summed E-state index contributed by atoms with van der Waals surface area (Å²) < 4.78 is 2.25. The van der Waals surface area contributed by atoms with Gasteiger partial charge < -0.3 is 0 Å². The molecule has 0 bridgehead atoms. The van der Waals surface area contributed by atoms with Crippen molar-refractivity contribution in [3.05, 3.63) is 72.1 Å². The van der Waals surface area contributed by atoms with Crippen LogP contribution >= 0.6 is 0 Å². The van der Waals surface area contributed by atoms with Crippen LogP contribution in [-0.4, -0.2) is 9.55 Å². The summed E-state index contributed by atoms with van der Waals surface area (Å²) in [5, 5.41) is 2.51. The first kappa shape index (κ1) is 12.2. The summed E-state index contributed by atoms with van der Waals surface area (Å²) >= 11 is 0. The van der Waals surface area contributed by atoms with Crippen molar-refractivity contribution in [1.29, 1.82) is 0 Å². The fourth-order valence-corrected chi connectivity index (χ4v) is 3.02. The van der Waals surface area contributed by atoms with Gasteiger partial charge in [0.05, 0.1) is 16.7 Å². The van der Waals surface area contributed by atoms with Crippen LogP contribution < -0.4 is 0 Å². The molecule has 4 rings (SSSR count). The highest BCUT2D eigenvalue weighted by atomic mass is 15.1. The van der Waals surface area contributed by atoms with Crippen molar-refractivity contribution >= 4 is 21.8 Å². The van der Waals surface area contributed by atoms with Crippen molar-refractivity contribution in [3.63, 3.8) is 0 Å². The highest BCUT2D eigenvalue weighted by Gasteiger charge is 2.11. The third-order valence-electron chi connectivity index (χ3n) is 3.99. The van der Waals surface area contributed by atoms with Crippen molar-refractivity contribution < 1.29 is 0 Å². The molecule has 0 saturated carbocycles. The molecule has 21 heavy (non-hydrogen) atoms. The molecule has 1 aromatic heterocycles. The van der Waals surface area contributed by atoms with E-state index in [0.29, 0.717) is 0 Å². The Labute approximate surface area is 123 Å². The minimum atomic E-state index is 1.02. The summed E-state index contributed by atoms with van der Waals surface area (Å²) in [5.41, 5.74) is 4.65. The van der Waals surface area contributed by atoms with E-state index in [1.165, 1.54) is 22.0 Å². The summed E-state index contributed by atoms with van der Waals surface area (Å²) in [6.07, 6.45) is 0. The van der Waals surface area contributed by atoms with Crippen molar-refractivity contribution in [2.75, 3.05) is 0 Å². The first-order chi connectivity index (χ1) is 10.2. The van der Waals surface area contributed by atoms with E-state index in [2.05, 4.69) is 79.1 Å². The maximum Gasteiger partial charge on any atom is 0.111 e. The molecule has 3 aromatic carbocycles. The molecule has 0 radical (unpaired) electrons. The molecule has 0 spiro atoms. The molecule has 2 nitrogen and oxygen atoms in total. The third kappa shape index (κ3) is 1.83. The Bertz CT molecular complexity index is 959. The van der Waals surface area contributed by atoms with Crippen LogP contribution in [0.2, 0.25) is 0 Å². The molecule has 0 unspecified atom stereocenters. The minimum absolute atomic E-state index is 1.02. The van der Waals surface area contributed by atoms with Gasteiger partial charge in [-0.3, -0.25) is 4.57 Å². The summed E-state index contributed by atoms with van der Waals surface area (Å²) in [7, 11) is 0. The van der Waals surface area contributed by atoms with Crippen LogP contribution in [0.3, 0.4) is 0 Å². The summed E-state index contributed by atoms with van der Waals surface area (Å²) in [6.45, 7) is 4.17. The Kier molecular flexibility index (Phi) is 2.58. The number of fused-ring (bicyclic) bond motifs is 2. The third-order valence-corrected chi connectivity index (χ3v) is 3.99. The van der Waals surface area contributed by atoms with E-state index >= 15 is 0 Å². The average molecular weight is 272 g/mol. The maximum absolute atomic E-state index is 4.72. The van der Waals surface area contributed by atoms with Gasteiger partial charge in [-0.15, -0.1) is 0 Å². The molecule has 0 amide bonds. The maximum atomic E-state index is 4.72. The highest BCUT2D eigenvalue weighted by Crippen LogP contribution is 2.27. The molecule has 0 aliphatic heterocycles. The first-order valence-corrected chi connectivity index (χ1v) is 7.18. The van der Waals surface area contributed by atoms with Crippen molar-refractivity contribution in [2.24, 2.45) is 0 Å². The van der Waals surface area contributed by atoms with Crippen LogP contribution in [0.4, 0.5) is 0 Å². The van der Waals surface area contributed by atoms with Gasteiger partial charge in [-0.2, -0.15) is 0 Å². The highest BCUT2D eigenvalue weighted by molar-refractivity contribution is 5.92. The number of benzene rings is 3. The lowest BCUT2D eigenvalue weighted by Gasteiger charge is -2.10. The smallest absolute Gasteiger partial charge is 0.111 e. The Balaban J connectivity index is 2.11. The molecule has 0 aliphatic carbocycles. The van der Waals surface area contributed by atoms with Gasteiger partial charge in [0.2, 0.25) is 0 Å².